The number of alkyl halides is 3. The highest BCUT2D eigenvalue weighted by Crippen LogP contribution is 2.40. The van der Waals surface area contributed by atoms with Crippen molar-refractivity contribution >= 4 is 39.6 Å². The second kappa shape index (κ2) is 12.9. The fraction of sp³-hybridized carbons (Fsp3) is 0.333. The van der Waals surface area contributed by atoms with Gasteiger partial charge in [-0.25, -0.2) is 9.31 Å². The number of carbonyl (C=O) groups is 3. The van der Waals surface area contributed by atoms with Gasteiger partial charge in [-0.05, 0) is 39.0 Å². The van der Waals surface area contributed by atoms with Crippen molar-refractivity contribution in [2.45, 2.75) is 39.2 Å². The van der Waals surface area contributed by atoms with Gasteiger partial charge in [0.1, 0.15) is 4.83 Å². The second-order valence-electron chi connectivity index (χ2n) is 9.99. The zero-order valence-electron chi connectivity index (χ0n) is 23.6. The predicted molar refractivity (Wildman–Crippen MR) is 154 cm³/mol. The van der Waals surface area contributed by atoms with Gasteiger partial charge in [0.05, 0.1) is 58.5 Å². The fourth-order valence-corrected chi connectivity index (χ4v) is 5.93. The van der Waals surface area contributed by atoms with E-state index in [4.69, 9.17) is 20.4 Å². The number of aromatic amines is 1. The van der Waals surface area contributed by atoms with Crippen molar-refractivity contribution in [3.05, 3.63) is 58.4 Å². The number of amides is 2. The standard InChI is InChI=1S/C25H27N7O4S.C2HF3O2/c1-13-10-31(11-14(2)36-13)12-20(33)30-16-7-18(15(3)28-8-16)21-22(17-5-4-6-27-24(17)35)37-25-19(23(26)34)9-29-32(21)25;3-2(4,5)1(6)7/h4-9,13-14H,10-12H2,1-3H3,(H2,26,34)(H,27,35)(H,30,33);(H,6,7)/t13-,14-;/m0./s1. The number of ether oxygens (including phenoxy) is 1. The number of nitrogens with one attached hydrogen (secondary N) is 2. The van der Waals surface area contributed by atoms with E-state index >= 15 is 0 Å². The summed E-state index contributed by atoms with van der Waals surface area (Å²) in [6.45, 7) is 7.41. The molecule has 0 spiro atoms. The number of nitrogens with zero attached hydrogens (tertiary/aromatic N) is 4. The highest BCUT2D eigenvalue weighted by Gasteiger charge is 2.38. The Morgan fingerprint density at radius 2 is 1.86 bits per heavy atom. The van der Waals surface area contributed by atoms with Crippen molar-refractivity contribution in [3.8, 4) is 21.7 Å². The maximum atomic E-state index is 12.9. The number of aryl methyl sites for hydroxylation is 1. The molecule has 1 aliphatic rings. The molecule has 5 rings (SSSR count). The van der Waals surface area contributed by atoms with E-state index in [1.165, 1.54) is 17.5 Å². The zero-order chi connectivity index (χ0) is 32.3. The molecule has 0 aromatic carbocycles. The first kappa shape index (κ1) is 32.3. The van der Waals surface area contributed by atoms with E-state index in [2.05, 4.69) is 25.3 Å². The molecule has 0 aliphatic carbocycles. The predicted octanol–water partition coefficient (Wildman–Crippen LogP) is 2.90. The summed E-state index contributed by atoms with van der Waals surface area (Å²) in [4.78, 5) is 56.9. The van der Waals surface area contributed by atoms with Gasteiger partial charge in [-0.3, -0.25) is 24.3 Å². The van der Waals surface area contributed by atoms with Crippen molar-refractivity contribution < 1.29 is 37.4 Å². The van der Waals surface area contributed by atoms with E-state index in [0.717, 1.165) is 0 Å². The molecule has 0 unspecified atom stereocenters. The molecule has 17 heteroatoms. The molecule has 44 heavy (non-hydrogen) atoms. The third-order valence-electron chi connectivity index (χ3n) is 6.41. The lowest BCUT2D eigenvalue weighted by atomic mass is 10.1. The van der Waals surface area contributed by atoms with Crippen LogP contribution in [0.4, 0.5) is 18.9 Å². The van der Waals surface area contributed by atoms with Gasteiger partial charge in [0.25, 0.3) is 11.5 Å². The number of halogens is 3. The van der Waals surface area contributed by atoms with Crippen LogP contribution in [-0.4, -0.2) is 85.4 Å². The van der Waals surface area contributed by atoms with Crippen LogP contribution >= 0.6 is 11.3 Å². The molecular weight excluding hydrogens is 607 g/mol. The molecule has 2 amide bonds. The molecular formula is C27H28F3N7O6S. The lowest BCUT2D eigenvalue weighted by molar-refractivity contribution is -0.192. The normalized spacial score (nSPS) is 17.1. The minimum Gasteiger partial charge on any atom is -0.475 e. The van der Waals surface area contributed by atoms with E-state index in [9.17, 15) is 27.6 Å². The molecule has 5 heterocycles. The van der Waals surface area contributed by atoms with Gasteiger partial charge >= 0.3 is 12.1 Å². The Morgan fingerprint density at radius 3 is 2.45 bits per heavy atom. The summed E-state index contributed by atoms with van der Waals surface area (Å²) in [6.07, 6.45) is -0.404. The molecule has 1 fully saturated rings. The van der Waals surface area contributed by atoms with Gasteiger partial charge in [0.15, 0.2) is 0 Å². The van der Waals surface area contributed by atoms with Gasteiger partial charge in [-0.15, -0.1) is 11.3 Å². The maximum absolute atomic E-state index is 12.9. The number of aromatic nitrogens is 4. The molecule has 4 aromatic heterocycles. The number of H-pyrrole nitrogens is 1. The van der Waals surface area contributed by atoms with Crippen molar-refractivity contribution in [3.63, 3.8) is 0 Å². The Morgan fingerprint density at radius 1 is 1.20 bits per heavy atom. The molecule has 0 radical (unpaired) electrons. The Bertz CT molecular complexity index is 1760. The van der Waals surface area contributed by atoms with Crippen LogP contribution in [0.5, 0.6) is 0 Å². The quantitative estimate of drug-likeness (QED) is 0.247. The zero-order valence-corrected chi connectivity index (χ0v) is 24.5. The van der Waals surface area contributed by atoms with Crippen LogP contribution in [0.25, 0.3) is 26.5 Å². The van der Waals surface area contributed by atoms with Crippen LogP contribution in [0.2, 0.25) is 0 Å². The number of hydrogen-bond acceptors (Lipinski definition) is 9. The smallest absolute Gasteiger partial charge is 0.475 e. The Hall–Kier alpha value is -4.61. The number of anilines is 1. The summed E-state index contributed by atoms with van der Waals surface area (Å²) in [7, 11) is 0. The minimum atomic E-state index is -5.08. The van der Waals surface area contributed by atoms with Crippen LogP contribution < -0.4 is 16.6 Å². The van der Waals surface area contributed by atoms with E-state index in [0.29, 0.717) is 51.0 Å². The number of pyridine rings is 2. The van der Waals surface area contributed by atoms with Crippen molar-refractivity contribution in [1.29, 1.82) is 0 Å². The highest BCUT2D eigenvalue weighted by molar-refractivity contribution is 7.21. The first-order valence-corrected chi connectivity index (χ1v) is 13.9. The highest BCUT2D eigenvalue weighted by atomic mass is 32.1. The molecule has 2 atom stereocenters. The van der Waals surface area contributed by atoms with Gasteiger partial charge < -0.3 is 25.9 Å². The largest absolute Gasteiger partial charge is 0.490 e. The first-order valence-electron chi connectivity index (χ1n) is 13.1. The third kappa shape index (κ3) is 7.29. The number of fused-ring (bicyclic) bond motifs is 1. The third-order valence-corrected chi connectivity index (χ3v) is 7.61. The fourth-order valence-electron chi connectivity index (χ4n) is 4.68. The van der Waals surface area contributed by atoms with Gasteiger partial charge in [-0.2, -0.15) is 18.3 Å². The second-order valence-corrected chi connectivity index (χ2v) is 11.0. The molecule has 234 valence electrons. The molecule has 5 N–H and O–H groups in total. The van der Waals surface area contributed by atoms with Crippen LogP contribution in [0, 0.1) is 6.92 Å². The minimum absolute atomic E-state index is 0.0594. The topological polar surface area (TPSA) is 185 Å². The lowest BCUT2D eigenvalue weighted by Gasteiger charge is -2.34. The number of rotatable bonds is 6. The van der Waals surface area contributed by atoms with Crippen molar-refractivity contribution in [2.75, 3.05) is 25.0 Å². The number of nitrogens with two attached hydrogens (primary N) is 1. The number of thiazole rings is 1. The van der Waals surface area contributed by atoms with E-state index in [1.807, 2.05) is 20.8 Å². The number of primary amides is 1. The average molecular weight is 636 g/mol. The molecule has 1 saturated heterocycles. The summed E-state index contributed by atoms with van der Waals surface area (Å²) in [5.41, 5.74) is 8.39. The van der Waals surface area contributed by atoms with E-state index in [-0.39, 0.29) is 35.8 Å². The van der Waals surface area contributed by atoms with Crippen LogP contribution in [0.15, 0.2) is 41.6 Å². The first-order chi connectivity index (χ1) is 20.6. The van der Waals surface area contributed by atoms with Crippen molar-refractivity contribution in [1.82, 2.24) is 24.5 Å². The summed E-state index contributed by atoms with van der Waals surface area (Å²) in [6, 6.07) is 5.24. The summed E-state index contributed by atoms with van der Waals surface area (Å²) in [5, 5.41) is 14.5. The summed E-state index contributed by atoms with van der Waals surface area (Å²) in [5.74, 6) is -3.53. The molecule has 0 saturated carbocycles. The van der Waals surface area contributed by atoms with E-state index < -0.39 is 18.1 Å². The summed E-state index contributed by atoms with van der Waals surface area (Å²) >= 11 is 1.25. The SMILES string of the molecule is Cc1ncc(NC(=O)CN2C[C@H](C)O[C@@H](C)C2)cc1-c1c(-c2ccc[nH]c2=O)sc2c(C(N)=O)cnn12.O=C(O)C(F)(F)F. The molecule has 4 aromatic rings. The molecule has 1 aliphatic heterocycles. The van der Waals surface area contributed by atoms with Crippen LogP contribution in [0.3, 0.4) is 0 Å². The monoisotopic (exact) mass is 635 g/mol. The molecule has 0 bridgehead atoms. The summed E-state index contributed by atoms with van der Waals surface area (Å²) < 4.78 is 39.1. The number of carboxylic acid groups (broad SMARTS) is 1. The Kier molecular flexibility index (Phi) is 9.50. The maximum Gasteiger partial charge on any atom is 0.490 e. The number of hydrogen-bond donors (Lipinski definition) is 4. The Balaban J connectivity index is 0.000000566. The number of carbonyl (C=O) groups excluding carboxylic acids is 2. The number of aliphatic carboxylic acids is 1. The average Bonchev–Trinajstić information content (AvgIpc) is 3.49. The Labute approximate surface area is 251 Å². The van der Waals surface area contributed by atoms with Crippen LogP contribution in [-0.2, 0) is 14.3 Å². The lowest BCUT2D eigenvalue weighted by Crippen LogP contribution is -2.48. The van der Waals surface area contributed by atoms with Gasteiger partial charge in [-0.1, -0.05) is 0 Å². The van der Waals surface area contributed by atoms with Gasteiger partial charge in [0.2, 0.25) is 5.91 Å². The van der Waals surface area contributed by atoms with Crippen LogP contribution in [0.1, 0.15) is 29.9 Å². The number of morpholine rings is 1. The van der Waals surface area contributed by atoms with Crippen molar-refractivity contribution in [2.24, 2.45) is 5.73 Å². The number of carboxylic acids is 1. The van der Waals surface area contributed by atoms with E-state index in [1.54, 1.807) is 35.1 Å². The van der Waals surface area contributed by atoms with Gasteiger partial charge in [0, 0.05) is 30.5 Å². The molecule has 13 nitrogen and oxygen atoms in total.